The van der Waals surface area contributed by atoms with E-state index < -0.39 is 0 Å². The maximum absolute atomic E-state index is 12.0. The molecule has 0 fully saturated rings. The van der Waals surface area contributed by atoms with E-state index >= 15 is 0 Å². The summed E-state index contributed by atoms with van der Waals surface area (Å²) in [5.74, 6) is 0.841. The highest BCUT2D eigenvalue weighted by Gasteiger charge is 2.17. The van der Waals surface area contributed by atoms with E-state index in [1.807, 2.05) is 24.3 Å². The Morgan fingerprint density at radius 2 is 2.25 bits per heavy atom. The number of hydrogen-bond donors (Lipinski definition) is 1. The number of rotatable bonds is 6. The van der Waals surface area contributed by atoms with Gasteiger partial charge in [-0.15, -0.1) is 0 Å². The number of hydrogen-bond acceptors (Lipinski definition) is 6. The van der Waals surface area contributed by atoms with Gasteiger partial charge in [-0.2, -0.15) is 0 Å². The molecule has 0 saturated carbocycles. The summed E-state index contributed by atoms with van der Waals surface area (Å²) in [7, 11) is 1.59. The van der Waals surface area contributed by atoms with Crippen molar-refractivity contribution in [2.75, 3.05) is 20.2 Å². The largest absolute Gasteiger partial charge is 0.485 e. The molecule has 0 aliphatic heterocycles. The summed E-state index contributed by atoms with van der Waals surface area (Å²) in [5, 5.41) is 14.6. The van der Waals surface area contributed by atoms with E-state index in [1.54, 1.807) is 25.5 Å². The van der Waals surface area contributed by atoms with Gasteiger partial charge < -0.3 is 19.3 Å². The summed E-state index contributed by atoms with van der Waals surface area (Å²) in [6.45, 7) is 0.291. The Hall–Kier alpha value is -2.93. The Balaban J connectivity index is 1.70. The molecule has 2 aromatic heterocycles. The van der Waals surface area contributed by atoms with Crippen LogP contribution >= 0.6 is 0 Å². The number of amides is 1. The number of aliphatic hydroxyl groups excluding tert-OH is 1. The summed E-state index contributed by atoms with van der Waals surface area (Å²) in [6.07, 6.45) is 3.47. The van der Waals surface area contributed by atoms with E-state index in [1.165, 1.54) is 4.90 Å². The number of aliphatic hydroxyl groups is 1. The molecule has 24 heavy (non-hydrogen) atoms. The number of aromatic nitrogens is 2. The molecular formula is C17H17N3O4. The van der Waals surface area contributed by atoms with Gasteiger partial charge in [-0.05, 0) is 12.1 Å². The van der Waals surface area contributed by atoms with Crippen molar-refractivity contribution in [3.63, 3.8) is 0 Å². The topological polar surface area (TPSA) is 88.7 Å². The predicted molar refractivity (Wildman–Crippen MR) is 86.6 cm³/mol. The third-order valence-electron chi connectivity index (χ3n) is 3.57. The van der Waals surface area contributed by atoms with Crippen molar-refractivity contribution in [2.45, 2.75) is 6.61 Å². The molecule has 7 nitrogen and oxygen atoms in total. The number of carbonyl (C=O) groups excluding carboxylic acids is 1. The molecule has 2 heterocycles. The van der Waals surface area contributed by atoms with Gasteiger partial charge in [0.25, 0.3) is 5.91 Å². The maximum atomic E-state index is 12.0. The molecule has 0 unspecified atom stereocenters. The van der Waals surface area contributed by atoms with Crippen molar-refractivity contribution in [1.29, 1.82) is 0 Å². The standard InChI is InChI=1S/C17H17N3O4/c1-20(7-8-21)17(22)15-9-13(24-19-15)11-23-16-4-2-3-12-10-18-6-5-14(12)16/h2-6,9-10,21H,7-8,11H2,1H3. The second kappa shape index (κ2) is 7.10. The minimum Gasteiger partial charge on any atom is -0.485 e. The van der Waals surface area contributed by atoms with E-state index in [0.29, 0.717) is 11.5 Å². The molecule has 3 aromatic rings. The zero-order valence-corrected chi connectivity index (χ0v) is 13.2. The summed E-state index contributed by atoms with van der Waals surface area (Å²) < 4.78 is 10.9. The molecule has 0 saturated heterocycles. The minimum absolute atomic E-state index is 0.105. The van der Waals surface area contributed by atoms with Gasteiger partial charge in [-0.1, -0.05) is 17.3 Å². The Morgan fingerprint density at radius 3 is 3.08 bits per heavy atom. The SMILES string of the molecule is CN(CCO)C(=O)c1cc(COc2cccc3cnccc23)on1. The van der Waals surface area contributed by atoms with Crippen LogP contribution in [0.2, 0.25) is 0 Å². The average Bonchev–Trinajstić information content (AvgIpc) is 3.08. The van der Waals surface area contributed by atoms with Crippen molar-refractivity contribution >= 4 is 16.7 Å². The van der Waals surface area contributed by atoms with Crippen LogP contribution in [0.3, 0.4) is 0 Å². The van der Waals surface area contributed by atoms with Gasteiger partial charge in [0.05, 0.1) is 6.61 Å². The first-order valence-electron chi connectivity index (χ1n) is 7.46. The third-order valence-corrected chi connectivity index (χ3v) is 3.57. The second-order valence-corrected chi connectivity index (χ2v) is 5.27. The van der Waals surface area contributed by atoms with Crippen LogP contribution in [0.15, 0.2) is 47.2 Å². The number of carbonyl (C=O) groups is 1. The molecule has 0 atom stereocenters. The fraction of sp³-hybridized carbons (Fsp3) is 0.235. The number of ether oxygens (including phenoxy) is 1. The zero-order valence-electron chi connectivity index (χ0n) is 13.2. The van der Waals surface area contributed by atoms with Gasteiger partial charge in [-0.25, -0.2) is 0 Å². The quantitative estimate of drug-likeness (QED) is 0.743. The van der Waals surface area contributed by atoms with Gasteiger partial charge in [-0.3, -0.25) is 9.78 Å². The first kappa shape index (κ1) is 15.9. The highest BCUT2D eigenvalue weighted by Crippen LogP contribution is 2.25. The maximum Gasteiger partial charge on any atom is 0.275 e. The molecule has 0 bridgehead atoms. The normalized spacial score (nSPS) is 10.8. The molecule has 1 amide bonds. The zero-order chi connectivity index (χ0) is 16.9. The van der Waals surface area contributed by atoms with E-state index in [9.17, 15) is 4.79 Å². The summed E-state index contributed by atoms with van der Waals surface area (Å²) in [6, 6.07) is 9.13. The van der Waals surface area contributed by atoms with Gasteiger partial charge in [0.1, 0.15) is 12.4 Å². The Kier molecular flexibility index (Phi) is 4.72. The second-order valence-electron chi connectivity index (χ2n) is 5.27. The number of nitrogens with zero attached hydrogens (tertiary/aromatic N) is 3. The van der Waals surface area contributed by atoms with Crippen molar-refractivity contribution < 1.29 is 19.2 Å². The molecule has 0 radical (unpaired) electrons. The fourth-order valence-corrected chi connectivity index (χ4v) is 2.30. The van der Waals surface area contributed by atoms with E-state index in [4.69, 9.17) is 14.4 Å². The molecule has 3 rings (SSSR count). The van der Waals surface area contributed by atoms with Crippen LogP contribution in [0, 0.1) is 0 Å². The van der Waals surface area contributed by atoms with Crippen LogP contribution in [0.1, 0.15) is 16.2 Å². The lowest BCUT2D eigenvalue weighted by Gasteiger charge is -2.12. The van der Waals surface area contributed by atoms with Crippen LogP contribution in [-0.2, 0) is 6.61 Å². The monoisotopic (exact) mass is 327 g/mol. The Bertz CT molecular complexity index is 841. The van der Waals surface area contributed by atoms with Gasteiger partial charge >= 0.3 is 0 Å². The highest BCUT2D eigenvalue weighted by atomic mass is 16.5. The van der Waals surface area contributed by atoms with Crippen LogP contribution < -0.4 is 4.74 Å². The molecule has 0 spiro atoms. The number of likely N-dealkylation sites (N-methyl/N-ethyl adjacent to an activating group) is 1. The summed E-state index contributed by atoms with van der Waals surface area (Å²) >= 11 is 0. The van der Waals surface area contributed by atoms with Gasteiger partial charge in [0.15, 0.2) is 11.5 Å². The van der Waals surface area contributed by atoms with Crippen molar-refractivity contribution in [3.8, 4) is 5.75 Å². The van der Waals surface area contributed by atoms with Gasteiger partial charge in [0.2, 0.25) is 0 Å². The summed E-state index contributed by atoms with van der Waals surface area (Å²) in [5.41, 5.74) is 0.187. The van der Waals surface area contributed by atoms with Crippen LogP contribution in [-0.4, -0.2) is 46.3 Å². The smallest absolute Gasteiger partial charge is 0.275 e. The van der Waals surface area contributed by atoms with Crippen LogP contribution in [0.5, 0.6) is 5.75 Å². The predicted octanol–water partition coefficient (Wildman–Crippen LogP) is 1.87. The summed E-state index contributed by atoms with van der Waals surface area (Å²) in [4.78, 5) is 17.5. The van der Waals surface area contributed by atoms with E-state index in [-0.39, 0.29) is 31.4 Å². The fourth-order valence-electron chi connectivity index (χ4n) is 2.30. The van der Waals surface area contributed by atoms with E-state index in [2.05, 4.69) is 10.1 Å². The molecule has 1 N–H and O–H groups in total. The minimum atomic E-state index is -0.310. The number of benzene rings is 1. The molecule has 7 heteroatoms. The first-order valence-corrected chi connectivity index (χ1v) is 7.46. The Morgan fingerprint density at radius 1 is 1.38 bits per heavy atom. The van der Waals surface area contributed by atoms with Crippen LogP contribution in [0.25, 0.3) is 10.8 Å². The van der Waals surface area contributed by atoms with Crippen molar-refractivity contribution in [1.82, 2.24) is 15.0 Å². The van der Waals surface area contributed by atoms with Crippen LogP contribution in [0.4, 0.5) is 0 Å². The Labute approximate surface area is 138 Å². The van der Waals surface area contributed by atoms with Crippen molar-refractivity contribution in [2.24, 2.45) is 0 Å². The average molecular weight is 327 g/mol. The molecular weight excluding hydrogens is 310 g/mol. The van der Waals surface area contributed by atoms with E-state index in [0.717, 1.165) is 10.8 Å². The molecule has 1 aromatic carbocycles. The molecule has 124 valence electrons. The third kappa shape index (κ3) is 3.36. The molecule has 0 aliphatic carbocycles. The molecule has 0 aliphatic rings. The van der Waals surface area contributed by atoms with Gasteiger partial charge in [0, 0.05) is 42.8 Å². The lowest BCUT2D eigenvalue weighted by atomic mass is 10.1. The van der Waals surface area contributed by atoms with Crippen molar-refractivity contribution in [3.05, 3.63) is 54.2 Å². The number of pyridine rings is 1. The first-order chi connectivity index (χ1) is 11.7. The number of fused-ring (bicyclic) bond motifs is 1. The lowest BCUT2D eigenvalue weighted by Crippen LogP contribution is -2.29. The highest BCUT2D eigenvalue weighted by molar-refractivity contribution is 5.92. The lowest BCUT2D eigenvalue weighted by molar-refractivity contribution is 0.0756.